The molecule has 0 aliphatic carbocycles. The summed E-state index contributed by atoms with van der Waals surface area (Å²) < 4.78 is 30.1. The van der Waals surface area contributed by atoms with Crippen molar-refractivity contribution < 1.29 is 13.2 Å². The number of fused-ring (bicyclic) bond motifs is 1. The molecule has 19 heavy (non-hydrogen) atoms. The first kappa shape index (κ1) is 12.4. The van der Waals surface area contributed by atoms with Crippen LogP contribution < -0.4 is 4.74 Å². The molecule has 1 aliphatic heterocycles. The molecule has 2 aromatic rings. The molecule has 0 amide bonds. The molecule has 1 saturated heterocycles. The molecule has 1 unspecified atom stereocenters. The summed E-state index contributed by atoms with van der Waals surface area (Å²) in [6.07, 6.45) is 3.25. The smallest absolute Gasteiger partial charge is 0.155 e. The Hall–Kier alpha value is -1.63. The van der Waals surface area contributed by atoms with Crippen molar-refractivity contribution in [2.24, 2.45) is 0 Å². The molecule has 3 heterocycles. The molecule has 3 rings (SSSR count). The molecule has 0 spiro atoms. The molecule has 0 bridgehead atoms. The van der Waals surface area contributed by atoms with E-state index in [0.717, 1.165) is 6.42 Å². The van der Waals surface area contributed by atoms with Gasteiger partial charge in [0.05, 0.1) is 24.8 Å². The van der Waals surface area contributed by atoms with Crippen molar-refractivity contribution in [3.8, 4) is 5.75 Å². The summed E-state index contributed by atoms with van der Waals surface area (Å²) in [5.74, 6) is 1.65. The third-order valence-electron chi connectivity index (χ3n) is 3.38. The Morgan fingerprint density at radius 1 is 1.42 bits per heavy atom. The van der Waals surface area contributed by atoms with Gasteiger partial charge in [0.15, 0.2) is 21.3 Å². The normalized spacial score (nSPS) is 22.5. The fourth-order valence-corrected chi connectivity index (χ4v) is 4.10. The molecule has 2 aromatic heterocycles. The Balaban J connectivity index is 1.97. The zero-order chi connectivity index (χ0) is 13.5. The largest absolute Gasteiger partial charge is 0.495 e. The van der Waals surface area contributed by atoms with Crippen LogP contribution in [0.1, 0.15) is 24.6 Å². The highest BCUT2D eigenvalue weighted by Crippen LogP contribution is 2.26. The fourth-order valence-electron chi connectivity index (χ4n) is 2.40. The first-order valence-electron chi connectivity index (χ1n) is 6.18. The van der Waals surface area contributed by atoms with Crippen LogP contribution in [0.3, 0.4) is 0 Å². The summed E-state index contributed by atoms with van der Waals surface area (Å²) in [7, 11) is -1.35. The maximum absolute atomic E-state index is 11.7. The molecule has 6 nitrogen and oxygen atoms in total. The van der Waals surface area contributed by atoms with Crippen molar-refractivity contribution >= 4 is 15.5 Å². The average Bonchev–Trinajstić information content (AvgIpc) is 2.80. The number of nitrogens with zero attached hydrogens (tertiary/aromatic N) is 3. The SMILES string of the molecule is COc1ccc2nc(C3CCCS(=O)(=O)C3)nn2c1. The number of methoxy groups -OCH3 is 1. The van der Waals surface area contributed by atoms with Gasteiger partial charge in [-0.15, -0.1) is 0 Å². The van der Waals surface area contributed by atoms with E-state index in [4.69, 9.17) is 4.74 Å². The van der Waals surface area contributed by atoms with Crippen LogP contribution in [0.5, 0.6) is 5.75 Å². The van der Waals surface area contributed by atoms with Gasteiger partial charge < -0.3 is 4.74 Å². The van der Waals surface area contributed by atoms with E-state index >= 15 is 0 Å². The summed E-state index contributed by atoms with van der Waals surface area (Å²) in [6.45, 7) is 0. The number of ether oxygens (including phenoxy) is 1. The molecule has 0 N–H and O–H groups in total. The van der Waals surface area contributed by atoms with E-state index in [9.17, 15) is 8.42 Å². The standard InChI is InChI=1S/C12H15N3O3S/c1-18-10-4-5-11-13-12(14-15(11)7-10)9-3-2-6-19(16,17)8-9/h4-5,7,9H,2-3,6,8H2,1H3. The van der Waals surface area contributed by atoms with Gasteiger partial charge in [-0.1, -0.05) is 0 Å². The van der Waals surface area contributed by atoms with E-state index in [-0.39, 0.29) is 17.4 Å². The lowest BCUT2D eigenvalue weighted by atomic mass is 10.1. The van der Waals surface area contributed by atoms with Gasteiger partial charge >= 0.3 is 0 Å². The zero-order valence-electron chi connectivity index (χ0n) is 10.6. The number of hydrogen-bond acceptors (Lipinski definition) is 5. The summed E-state index contributed by atoms with van der Waals surface area (Å²) in [6, 6.07) is 3.62. The predicted octanol–water partition coefficient (Wildman–Crippen LogP) is 1.03. The lowest BCUT2D eigenvalue weighted by Crippen LogP contribution is -2.24. The summed E-state index contributed by atoms with van der Waals surface area (Å²) >= 11 is 0. The average molecular weight is 281 g/mol. The van der Waals surface area contributed by atoms with Crippen LogP contribution in [-0.4, -0.2) is 41.6 Å². The zero-order valence-corrected chi connectivity index (χ0v) is 11.4. The summed E-state index contributed by atoms with van der Waals surface area (Å²) in [5.41, 5.74) is 0.707. The maximum Gasteiger partial charge on any atom is 0.155 e. The van der Waals surface area contributed by atoms with E-state index in [2.05, 4.69) is 10.1 Å². The highest BCUT2D eigenvalue weighted by atomic mass is 32.2. The first-order valence-corrected chi connectivity index (χ1v) is 8.00. The number of rotatable bonds is 2. The van der Waals surface area contributed by atoms with Gasteiger partial charge in [-0.05, 0) is 25.0 Å². The number of aromatic nitrogens is 3. The molecule has 102 valence electrons. The van der Waals surface area contributed by atoms with Crippen molar-refractivity contribution in [3.05, 3.63) is 24.2 Å². The molecule has 1 aliphatic rings. The second kappa shape index (κ2) is 4.48. The number of pyridine rings is 1. The lowest BCUT2D eigenvalue weighted by molar-refractivity contribution is 0.411. The second-order valence-corrected chi connectivity index (χ2v) is 7.02. The Labute approximate surface area is 111 Å². The predicted molar refractivity (Wildman–Crippen MR) is 70.2 cm³/mol. The van der Waals surface area contributed by atoms with Gasteiger partial charge in [0.25, 0.3) is 0 Å². The summed E-state index contributed by atoms with van der Waals surface area (Å²) in [4.78, 5) is 4.41. The van der Waals surface area contributed by atoms with Crippen molar-refractivity contribution in [2.45, 2.75) is 18.8 Å². The second-order valence-electron chi connectivity index (χ2n) is 4.80. The van der Waals surface area contributed by atoms with Crippen LogP contribution >= 0.6 is 0 Å². The number of sulfone groups is 1. The van der Waals surface area contributed by atoms with Gasteiger partial charge in [0.2, 0.25) is 0 Å². The molecular weight excluding hydrogens is 266 g/mol. The van der Waals surface area contributed by atoms with E-state index in [1.165, 1.54) is 0 Å². The van der Waals surface area contributed by atoms with Crippen molar-refractivity contribution in [3.63, 3.8) is 0 Å². The minimum absolute atomic E-state index is 0.0929. The van der Waals surface area contributed by atoms with Gasteiger partial charge in [0, 0.05) is 5.92 Å². The van der Waals surface area contributed by atoms with Crippen LogP contribution in [0, 0.1) is 0 Å². The minimum atomic E-state index is -2.94. The lowest BCUT2D eigenvalue weighted by Gasteiger charge is -2.18. The van der Waals surface area contributed by atoms with E-state index < -0.39 is 9.84 Å². The van der Waals surface area contributed by atoms with Crippen LogP contribution in [0.15, 0.2) is 18.3 Å². The van der Waals surface area contributed by atoms with Gasteiger partial charge in [-0.25, -0.2) is 17.9 Å². The topological polar surface area (TPSA) is 73.6 Å². The highest BCUT2D eigenvalue weighted by Gasteiger charge is 2.28. The van der Waals surface area contributed by atoms with E-state index in [1.807, 2.05) is 12.1 Å². The van der Waals surface area contributed by atoms with Crippen LogP contribution in [0.4, 0.5) is 0 Å². The molecule has 1 fully saturated rings. The molecule has 0 aromatic carbocycles. The van der Waals surface area contributed by atoms with Crippen LogP contribution in [0.25, 0.3) is 5.65 Å². The Kier molecular flexibility index (Phi) is 2.93. The highest BCUT2D eigenvalue weighted by molar-refractivity contribution is 7.91. The molecular formula is C12H15N3O3S. The van der Waals surface area contributed by atoms with Gasteiger partial charge in [-0.2, -0.15) is 5.10 Å². The summed E-state index contributed by atoms with van der Waals surface area (Å²) in [5, 5.41) is 4.37. The molecule has 0 radical (unpaired) electrons. The molecule has 1 atom stereocenters. The third kappa shape index (κ3) is 2.42. The van der Waals surface area contributed by atoms with Crippen molar-refractivity contribution in [2.75, 3.05) is 18.6 Å². The third-order valence-corrected chi connectivity index (χ3v) is 5.21. The Morgan fingerprint density at radius 2 is 2.26 bits per heavy atom. The van der Waals surface area contributed by atoms with Crippen molar-refractivity contribution in [1.29, 1.82) is 0 Å². The Morgan fingerprint density at radius 3 is 3.00 bits per heavy atom. The molecule has 7 heteroatoms. The number of hydrogen-bond donors (Lipinski definition) is 0. The quantitative estimate of drug-likeness (QED) is 0.822. The van der Waals surface area contributed by atoms with Gasteiger partial charge in [-0.3, -0.25) is 0 Å². The maximum atomic E-state index is 11.7. The van der Waals surface area contributed by atoms with Crippen LogP contribution in [0.2, 0.25) is 0 Å². The van der Waals surface area contributed by atoms with Gasteiger partial charge in [0.1, 0.15) is 5.75 Å². The molecule has 0 saturated carbocycles. The monoisotopic (exact) mass is 281 g/mol. The van der Waals surface area contributed by atoms with Crippen LogP contribution in [-0.2, 0) is 9.84 Å². The minimum Gasteiger partial charge on any atom is -0.495 e. The van der Waals surface area contributed by atoms with E-state index in [1.54, 1.807) is 17.8 Å². The first-order chi connectivity index (χ1) is 9.07. The fraction of sp³-hybridized carbons (Fsp3) is 0.500. The Bertz CT molecular complexity index is 708. The van der Waals surface area contributed by atoms with E-state index in [0.29, 0.717) is 23.6 Å². The van der Waals surface area contributed by atoms with Crippen molar-refractivity contribution in [1.82, 2.24) is 14.6 Å².